The molecule has 5 heteroatoms. The zero-order chi connectivity index (χ0) is 16.7. The first kappa shape index (κ1) is 15.6. The number of benzene rings is 1. The minimum absolute atomic E-state index is 0.0839. The molecule has 2 bridgehead atoms. The van der Waals surface area contributed by atoms with Gasteiger partial charge in [-0.15, -0.1) is 0 Å². The number of rotatable bonds is 3. The summed E-state index contributed by atoms with van der Waals surface area (Å²) in [7, 11) is 1.93. The van der Waals surface area contributed by atoms with Gasteiger partial charge in [-0.3, -0.25) is 9.59 Å². The quantitative estimate of drug-likeness (QED) is 0.926. The van der Waals surface area contributed by atoms with E-state index in [0.717, 1.165) is 31.5 Å². The molecule has 24 heavy (non-hydrogen) atoms. The van der Waals surface area contributed by atoms with Crippen LogP contribution in [0.4, 0.5) is 5.69 Å². The highest BCUT2D eigenvalue weighted by Gasteiger charge is 2.36. The molecule has 0 spiro atoms. The number of fused-ring (bicyclic) bond motifs is 2. The summed E-state index contributed by atoms with van der Waals surface area (Å²) in [4.78, 5) is 28.3. The summed E-state index contributed by atoms with van der Waals surface area (Å²) in [5, 5.41) is 3.62. The molecule has 128 valence electrons. The smallest absolute Gasteiger partial charge is 0.253 e. The molecule has 3 aliphatic heterocycles. The Bertz CT molecular complexity index is 631. The average molecular weight is 327 g/mol. The van der Waals surface area contributed by atoms with Crippen LogP contribution in [-0.4, -0.2) is 48.4 Å². The van der Waals surface area contributed by atoms with Gasteiger partial charge in [0.15, 0.2) is 0 Å². The zero-order valence-corrected chi connectivity index (χ0v) is 14.2. The minimum Gasteiger partial charge on any atom is -0.339 e. The lowest BCUT2D eigenvalue weighted by Crippen LogP contribution is -2.48. The summed E-state index contributed by atoms with van der Waals surface area (Å²) >= 11 is 0. The molecule has 2 unspecified atom stereocenters. The topological polar surface area (TPSA) is 52.7 Å². The van der Waals surface area contributed by atoms with Gasteiger partial charge < -0.3 is 15.1 Å². The van der Waals surface area contributed by atoms with Gasteiger partial charge in [0.05, 0.1) is 0 Å². The molecule has 3 saturated heterocycles. The lowest BCUT2D eigenvalue weighted by Gasteiger charge is -2.35. The lowest BCUT2D eigenvalue weighted by atomic mass is 9.98. The van der Waals surface area contributed by atoms with Gasteiger partial charge >= 0.3 is 0 Å². The fourth-order valence-corrected chi connectivity index (χ4v) is 4.42. The van der Waals surface area contributed by atoms with E-state index in [1.54, 1.807) is 0 Å². The number of nitrogens with zero attached hydrogens (tertiary/aromatic N) is 2. The van der Waals surface area contributed by atoms with Gasteiger partial charge in [0, 0.05) is 49.4 Å². The molecule has 5 nitrogen and oxygen atoms in total. The molecular weight excluding hydrogens is 302 g/mol. The van der Waals surface area contributed by atoms with Crippen LogP contribution in [0.15, 0.2) is 24.3 Å². The summed E-state index contributed by atoms with van der Waals surface area (Å²) < 4.78 is 0. The third-order valence-electron chi connectivity index (χ3n) is 5.82. The third kappa shape index (κ3) is 2.81. The normalized spacial score (nSPS) is 29.1. The lowest BCUT2D eigenvalue weighted by molar-refractivity contribution is -0.117. The van der Waals surface area contributed by atoms with E-state index in [2.05, 4.69) is 5.32 Å². The van der Waals surface area contributed by atoms with Crippen molar-refractivity contribution in [3.63, 3.8) is 0 Å². The highest BCUT2D eigenvalue weighted by atomic mass is 16.2. The van der Waals surface area contributed by atoms with Crippen LogP contribution >= 0.6 is 0 Å². The van der Waals surface area contributed by atoms with Gasteiger partial charge in [0.1, 0.15) is 0 Å². The fraction of sp³-hybridized carbons (Fsp3) is 0.579. The molecule has 4 rings (SSSR count). The van der Waals surface area contributed by atoms with Crippen LogP contribution in [0, 0.1) is 0 Å². The predicted octanol–water partition coefficient (Wildman–Crippen LogP) is 2.17. The predicted molar refractivity (Wildman–Crippen MR) is 93.1 cm³/mol. The first-order valence-electron chi connectivity index (χ1n) is 9.05. The highest BCUT2D eigenvalue weighted by Crippen LogP contribution is 2.30. The largest absolute Gasteiger partial charge is 0.339 e. The number of hydrogen-bond donors (Lipinski definition) is 1. The highest BCUT2D eigenvalue weighted by molar-refractivity contribution is 5.97. The van der Waals surface area contributed by atoms with Crippen molar-refractivity contribution in [1.82, 2.24) is 10.2 Å². The van der Waals surface area contributed by atoms with Crippen molar-refractivity contribution in [3.05, 3.63) is 29.8 Å². The van der Waals surface area contributed by atoms with Crippen LogP contribution in [0.1, 0.15) is 48.9 Å². The second-order valence-electron chi connectivity index (χ2n) is 7.37. The number of hydrogen-bond acceptors (Lipinski definition) is 3. The maximum Gasteiger partial charge on any atom is 0.253 e. The maximum absolute atomic E-state index is 12.8. The Balaban J connectivity index is 1.45. The first-order chi connectivity index (χ1) is 11.6. The second kappa shape index (κ2) is 6.20. The Morgan fingerprint density at radius 3 is 2.42 bits per heavy atom. The van der Waals surface area contributed by atoms with Gasteiger partial charge in [-0.25, -0.2) is 0 Å². The summed E-state index contributed by atoms with van der Waals surface area (Å²) in [5.41, 5.74) is 1.61. The van der Waals surface area contributed by atoms with E-state index < -0.39 is 0 Å². The molecule has 1 aromatic rings. The number of amides is 2. The summed E-state index contributed by atoms with van der Waals surface area (Å²) in [5.74, 6) is 0.261. The van der Waals surface area contributed by atoms with Crippen LogP contribution in [0.5, 0.6) is 0 Å². The van der Waals surface area contributed by atoms with E-state index in [4.69, 9.17) is 0 Å². The molecule has 0 saturated carbocycles. The van der Waals surface area contributed by atoms with E-state index in [-0.39, 0.29) is 11.8 Å². The van der Waals surface area contributed by atoms with Gasteiger partial charge in [-0.1, -0.05) is 0 Å². The average Bonchev–Trinajstić information content (AvgIpc) is 3.18. The van der Waals surface area contributed by atoms with Gasteiger partial charge in [0.2, 0.25) is 5.91 Å². The van der Waals surface area contributed by atoms with Gasteiger partial charge in [-0.05, 0) is 56.4 Å². The van der Waals surface area contributed by atoms with Crippen LogP contribution in [0.25, 0.3) is 0 Å². The van der Waals surface area contributed by atoms with Crippen molar-refractivity contribution in [2.75, 3.05) is 18.5 Å². The molecule has 0 radical (unpaired) electrons. The molecule has 1 aromatic carbocycles. The van der Waals surface area contributed by atoms with E-state index in [0.29, 0.717) is 30.1 Å². The van der Waals surface area contributed by atoms with Crippen LogP contribution in [0.3, 0.4) is 0 Å². The SMILES string of the molecule is CN(C(=O)c1ccc(N2CCCC2=O)cc1)C1CC2CCC(C1)N2. The number of nitrogens with one attached hydrogen (secondary N) is 1. The number of carbonyl (C=O) groups is 2. The number of anilines is 1. The van der Waals surface area contributed by atoms with Crippen molar-refractivity contribution < 1.29 is 9.59 Å². The molecule has 2 amide bonds. The van der Waals surface area contributed by atoms with Crippen LogP contribution in [-0.2, 0) is 4.79 Å². The van der Waals surface area contributed by atoms with Crippen molar-refractivity contribution >= 4 is 17.5 Å². The van der Waals surface area contributed by atoms with Crippen LogP contribution < -0.4 is 10.2 Å². The fourth-order valence-electron chi connectivity index (χ4n) is 4.42. The summed E-state index contributed by atoms with van der Waals surface area (Å²) in [6.07, 6.45) is 6.13. The molecule has 3 aliphatic rings. The zero-order valence-electron chi connectivity index (χ0n) is 14.2. The van der Waals surface area contributed by atoms with E-state index in [1.807, 2.05) is 41.1 Å². The van der Waals surface area contributed by atoms with Crippen molar-refractivity contribution in [3.8, 4) is 0 Å². The Morgan fingerprint density at radius 1 is 1.17 bits per heavy atom. The Labute approximate surface area is 143 Å². The molecule has 3 fully saturated rings. The van der Waals surface area contributed by atoms with Gasteiger partial charge in [-0.2, -0.15) is 0 Å². The standard InChI is InChI=1S/C19H25N3O2/c1-21(17-11-14-6-7-15(12-17)20-14)19(24)13-4-8-16(9-5-13)22-10-2-3-18(22)23/h4-5,8-9,14-15,17,20H,2-3,6-7,10-12H2,1H3. The molecular formula is C19H25N3O2. The third-order valence-corrected chi connectivity index (χ3v) is 5.82. The summed E-state index contributed by atoms with van der Waals surface area (Å²) in [6, 6.07) is 8.99. The van der Waals surface area contributed by atoms with Crippen molar-refractivity contribution in [1.29, 1.82) is 0 Å². The Morgan fingerprint density at radius 2 is 1.83 bits per heavy atom. The molecule has 1 N–H and O–H groups in total. The Hall–Kier alpha value is -1.88. The molecule has 3 heterocycles. The van der Waals surface area contributed by atoms with E-state index in [1.165, 1.54) is 12.8 Å². The summed E-state index contributed by atoms with van der Waals surface area (Å²) in [6.45, 7) is 0.782. The molecule has 2 atom stereocenters. The maximum atomic E-state index is 12.8. The first-order valence-corrected chi connectivity index (χ1v) is 9.05. The molecule has 0 aliphatic carbocycles. The van der Waals surface area contributed by atoms with Crippen LogP contribution in [0.2, 0.25) is 0 Å². The van der Waals surface area contributed by atoms with Crippen molar-refractivity contribution in [2.45, 2.75) is 56.7 Å². The van der Waals surface area contributed by atoms with E-state index in [9.17, 15) is 9.59 Å². The Kier molecular flexibility index (Phi) is 4.04. The van der Waals surface area contributed by atoms with Gasteiger partial charge in [0.25, 0.3) is 5.91 Å². The minimum atomic E-state index is 0.0839. The van der Waals surface area contributed by atoms with E-state index >= 15 is 0 Å². The van der Waals surface area contributed by atoms with Crippen molar-refractivity contribution in [2.24, 2.45) is 0 Å². The second-order valence-corrected chi connectivity index (χ2v) is 7.37. The molecule has 0 aromatic heterocycles. The number of piperidine rings is 1. The number of carbonyl (C=O) groups excluding carboxylic acids is 2. The monoisotopic (exact) mass is 327 g/mol.